The van der Waals surface area contributed by atoms with Gasteiger partial charge in [0.1, 0.15) is 5.75 Å². The van der Waals surface area contributed by atoms with Crippen LogP contribution >= 0.6 is 11.6 Å². The first-order valence-corrected chi connectivity index (χ1v) is 7.03. The van der Waals surface area contributed by atoms with Gasteiger partial charge in [0.2, 0.25) is 0 Å². The van der Waals surface area contributed by atoms with E-state index in [0.29, 0.717) is 16.8 Å². The number of benzene rings is 2. The Morgan fingerprint density at radius 1 is 1.25 bits per heavy atom. The number of anilines is 2. The number of nitrogen functional groups attached to an aromatic ring is 1. The van der Waals surface area contributed by atoms with E-state index in [4.69, 9.17) is 22.1 Å². The molecule has 1 unspecified atom stereocenters. The lowest BCUT2D eigenvalue weighted by atomic mass is 10.1. The number of aryl methyl sites for hydroxylation is 1. The Hall–Kier alpha value is -1.87. The van der Waals surface area contributed by atoms with E-state index in [2.05, 4.69) is 17.4 Å². The summed E-state index contributed by atoms with van der Waals surface area (Å²) in [5.74, 6) is 0.687. The molecule has 3 N–H and O–H groups in total. The second-order valence-electron chi connectivity index (χ2n) is 5.04. The van der Waals surface area contributed by atoms with Gasteiger partial charge < -0.3 is 15.8 Å². The highest BCUT2D eigenvalue weighted by atomic mass is 35.5. The molecule has 0 amide bonds. The van der Waals surface area contributed by atoms with Gasteiger partial charge >= 0.3 is 0 Å². The van der Waals surface area contributed by atoms with Crippen LogP contribution in [0.25, 0.3) is 0 Å². The highest BCUT2D eigenvalue weighted by molar-refractivity contribution is 6.32. The summed E-state index contributed by atoms with van der Waals surface area (Å²) in [6.07, 6.45) is 2.13. The van der Waals surface area contributed by atoms with Crippen LogP contribution < -0.4 is 15.8 Å². The van der Waals surface area contributed by atoms with Crippen LogP contribution in [0.3, 0.4) is 0 Å². The first kappa shape index (κ1) is 13.1. The van der Waals surface area contributed by atoms with Gasteiger partial charge in [0.15, 0.2) is 0 Å². The Balaban J connectivity index is 1.84. The van der Waals surface area contributed by atoms with Gasteiger partial charge in [0.05, 0.1) is 18.2 Å². The molecule has 2 aromatic carbocycles. The fourth-order valence-corrected chi connectivity index (χ4v) is 2.93. The maximum Gasteiger partial charge on any atom is 0.139 e. The van der Waals surface area contributed by atoms with Gasteiger partial charge in [-0.25, -0.2) is 0 Å². The SMILES string of the molecule is COc1cc(NC2CCc3cc(N)ccc32)ccc1Cl. The third kappa shape index (κ3) is 2.41. The maximum atomic E-state index is 6.04. The van der Waals surface area contributed by atoms with Crippen molar-refractivity contribution in [2.75, 3.05) is 18.2 Å². The third-order valence-corrected chi connectivity index (χ3v) is 4.05. The molecular formula is C16H17ClN2O. The van der Waals surface area contributed by atoms with Crippen molar-refractivity contribution in [3.8, 4) is 5.75 Å². The molecule has 3 rings (SSSR count). The average Bonchev–Trinajstić information content (AvgIpc) is 2.83. The number of fused-ring (bicyclic) bond motifs is 1. The fraction of sp³-hybridized carbons (Fsp3) is 0.250. The molecule has 4 heteroatoms. The van der Waals surface area contributed by atoms with Crippen LogP contribution in [-0.4, -0.2) is 7.11 Å². The summed E-state index contributed by atoms with van der Waals surface area (Å²) in [6.45, 7) is 0. The molecule has 0 bridgehead atoms. The van der Waals surface area contributed by atoms with E-state index in [1.807, 2.05) is 24.3 Å². The Morgan fingerprint density at radius 2 is 2.10 bits per heavy atom. The van der Waals surface area contributed by atoms with Crippen molar-refractivity contribution < 1.29 is 4.74 Å². The minimum Gasteiger partial charge on any atom is -0.495 e. The van der Waals surface area contributed by atoms with Crippen molar-refractivity contribution in [3.63, 3.8) is 0 Å². The van der Waals surface area contributed by atoms with Crippen molar-refractivity contribution >= 4 is 23.0 Å². The lowest BCUT2D eigenvalue weighted by molar-refractivity contribution is 0.415. The number of nitrogens with two attached hydrogens (primary N) is 1. The van der Waals surface area contributed by atoms with Gasteiger partial charge in [-0.05, 0) is 48.2 Å². The summed E-state index contributed by atoms with van der Waals surface area (Å²) < 4.78 is 5.25. The molecule has 20 heavy (non-hydrogen) atoms. The molecule has 0 spiro atoms. The van der Waals surface area contributed by atoms with Crippen LogP contribution in [0.1, 0.15) is 23.6 Å². The number of methoxy groups -OCH3 is 1. The van der Waals surface area contributed by atoms with Gasteiger partial charge in [-0.2, -0.15) is 0 Å². The Bertz CT molecular complexity index is 642. The van der Waals surface area contributed by atoms with Gasteiger partial charge in [0, 0.05) is 17.4 Å². The zero-order valence-corrected chi connectivity index (χ0v) is 12.1. The highest BCUT2D eigenvalue weighted by Crippen LogP contribution is 2.36. The van der Waals surface area contributed by atoms with Crippen LogP contribution in [0.15, 0.2) is 36.4 Å². The lowest BCUT2D eigenvalue weighted by Crippen LogP contribution is -2.07. The minimum atomic E-state index is 0.316. The quantitative estimate of drug-likeness (QED) is 0.838. The summed E-state index contributed by atoms with van der Waals surface area (Å²) in [5, 5.41) is 4.16. The summed E-state index contributed by atoms with van der Waals surface area (Å²) in [4.78, 5) is 0. The maximum absolute atomic E-state index is 6.04. The van der Waals surface area contributed by atoms with Crippen LogP contribution in [0, 0.1) is 0 Å². The van der Waals surface area contributed by atoms with E-state index < -0.39 is 0 Å². The number of hydrogen-bond acceptors (Lipinski definition) is 3. The zero-order chi connectivity index (χ0) is 14.1. The summed E-state index contributed by atoms with van der Waals surface area (Å²) in [7, 11) is 1.62. The molecule has 0 fully saturated rings. The molecule has 0 heterocycles. The second-order valence-corrected chi connectivity index (χ2v) is 5.45. The second kappa shape index (κ2) is 5.25. The number of nitrogens with one attached hydrogen (secondary N) is 1. The lowest BCUT2D eigenvalue weighted by Gasteiger charge is -2.16. The molecule has 1 aliphatic carbocycles. The third-order valence-electron chi connectivity index (χ3n) is 3.74. The predicted octanol–water partition coefficient (Wildman–Crippen LogP) is 4.03. The smallest absolute Gasteiger partial charge is 0.139 e. The van der Waals surface area contributed by atoms with Crippen molar-refractivity contribution in [1.29, 1.82) is 0 Å². The van der Waals surface area contributed by atoms with Crippen molar-refractivity contribution in [2.45, 2.75) is 18.9 Å². The Kier molecular flexibility index (Phi) is 3.45. The molecule has 0 aromatic heterocycles. The van der Waals surface area contributed by atoms with Gasteiger partial charge in [-0.15, -0.1) is 0 Å². The molecule has 0 aliphatic heterocycles. The predicted molar refractivity (Wildman–Crippen MR) is 83.5 cm³/mol. The monoisotopic (exact) mass is 288 g/mol. The normalized spacial score (nSPS) is 16.8. The van der Waals surface area contributed by atoms with E-state index in [-0.39, 0.29) is 0 Å². The molecule has 1 atom stereocenters. The molecule has 2 aromatic rings. The van der Waals surface area contributed by atoms with E-state index in [1.54, 1.807) is 7.11 Å². The molecule has 104 valence electrons. The molecule has 1 aliphatic rings. The first-order chi connectivity index (χ1) is 9.67. The van der Waals surface area contributed by atoms with Crippen molar-refractivity contribution in [3.05, 3.63) is 52.5 Å². The Labute approximate surface area is 123 Å². The van der Waals surface area contributed by atoms with Crippen LogP contribution in [0.4, 0.5) is 11.4 Å². The summed E-state index contributed by atoms with van der Waals surface area (Å²) in [6, 6.07) is 12.2. The van der Waals surface area contributed by atoms with Gasteiger partial charge in [0.25, 0.3) is 0 Å². The number of hydrogen-bond donors (Lipinski definition) is 2. The molecule has 0 saturated heterocycles. The van der Waals surface area contributed by atoms with E-state index in [1.165, 1.54) is 11.1 Å². The standard InChI is InChI=1S/C16H17ClN2O/c1-20-16-9-12(4-6-14(16)17)19-15-7-2-10-8-11(18)3-5-13(10)15/h3-6,8-9,15,19H,2,7,18H2,1H3. The largest absolute Gasteiger partial charge is 0.495 e. The summed E-state index contributed by atoms with van der Waals surface area (Å²) in [5.41, 5.74) is 10.3. The van der Waals surface area contributed by atoms with Gasteiger partial charge in [-0.3, -0.25) is 0 Å². The molecule has 3 nitrogen and oxygen atoms in total. The van der Waals surface area contributed by atoms with Crippen molar-refractivity contribution in [1.82, 2.24) is 0 Å². The van der Waals surface area contributed by atoms with Crippen LogP contribution in [0.2, 0.25) is 5.02 Å². The van der Waals surface area contributed by atoms with E-state index in [0.717, 1.165) is 24.2 Å². The zero-order valence-electron chi connectivity index (χ0n) is 11.3. The number of ether oxygens (including phenoxy) is 1. The Morgan fingerprint density at radius 3 is 2.90 bits per heavy atom. The highest BCUT2D eigenvalue weighted by Gasteiger charge is 2.22. The molecular weight excluding hydrogens is 272 g/mol. The average molecular weight is 289 g/mol. The van der Waals surface area contributed by atoms with E-state index in [9.17, 15) is 0 Å². The fourth-order valence-electron chi connectivity index (χ4n) is 2.74. The first-order valence-electron chi connectivity index (χ1n) is 6.66. The van der Waals surface area contributed by atoms with Crippen LogP contribution in [0.5, 0.6) is 5.75 Å². The number of halogens is 1. The van der Waals surface area contributed by atoms with Crippen LogP contribution in [-0.2, 0) is 6.42 Å². The van der Waals surface area contributed by atoms with E-state index >= 15 is 0 Å². The van der Waals surface area contributed by atoms with Crippen molar-refractivity contribution in [2.24, 2.45) is 0 Å². The molecule has 0 radical (unpaired) electrons. The summed E-state index contributed by atoms with van der Waals surface area (Å²) >= 11 is 6.04. The molecule has 0 saturated carbocycles. The van der Waals surface area contributed by atoms with Gasteiger partial charge in [-0.1, -0.05) is 17.7 Å². The minimum absolute atomic E-state index is 0.316. The topological polar surface area (TPSA) is 47.3 Å². The number of rotatable bonds is 3.